The summed E-state index contributed by atoms with van der Waals surface area (Å²) in [6.45, 7) is 0. The summed E-state index contributed by atoms with van der Waals surface area (Å²) in [5.74, 6) is 2.71. The average molecular weight is 271 g/mol. The van der Waals surface area contributed by atoms with Crippen molar-refractivity contribution in [1.82, 2.24) is 0 Å². The quantitative estimate of drug-likeness (QED) is 0.686. The monoisotopic (exact) mass is 270 g/mol. The van der Waals surface area contributed by atoms with E-state index in [1.54, 1.807) is 0 Å². The van der Waals surface area contributed by atoms with Crippen LogP contribution in [0.2, 0.25) is 0 Å². The minimum Gasteiger partial charge on any atom is -0.122 e. The molecular weight excluding hydrogens is 252 g/mol. The van der Waals surface area contributed by atoms with Gasteiger partial charge in [0, 0.05) is 5.38 Å². The van der Waals surface area contributed by atoms with E-state index in [4.69, 9.17) is 11.6 Å². The van der Waals surface area contributed by atoms with E-state index in [0.29, 0.717) is 5.38 Å². The largest absolute Gasteiger partial charge is 0.122 e. The Morgan fingerprint density at radius 1 is 1.00 bits per heavy atom. The molecule has 0 heterocycles. The molecule has 3 unspecified atom stereocenters. The Hall–Kier alpha value is -1.01. The van der Waals surface area contributed by atoms with Gasteiger partial charge in [0.15, 0.2) is 0 Å². The van der Waals surface area contributed by atoms with Crippen molar-refractivity contribution in [3.8, 4) is 0 Å². The Balaban J connectivity index is 1.58. The minimum absolute atomic E-state index is 0.334. The fourth-order valence-electron chi connectivity index (χ4n) is 4.23. The molecule has 0 aliphatic heterocycles. The molecule has 1 heteroatoms. The van der Waals surface area contributed by atoms with Crippen LogP contribution in [0.5, 0.6) is 0 Å². The topological polar surface area (TPSA) is 0 Å². The van der Waals surface area contributed by atoms with Gasteiger partial charge in [0.25, 0.3) is 0 Å². The lowest BCUT2D eigenvalue weighted by Gasteiger charge is -2.13. The van der Waals surface area contributed by atoms with Crippen LogP contribution in [-0.2, 0) is 6.42 Å². The molecule has 2 fully saturated rings. The fourth-order valence-corrected chi connectivity index (χ4v) is 4.77. The number of halogens is 1. The predicted octanol–water partition coefficient (Wildman–Crippen LogP) is 5.04. The third-order valence-electron chi connectivity index (χ3n) is 5.19. The highest BCUT2D eigenvalue weighted by molar-refractivity contribution is 6.21. The van der Waals surface area contributed by atoms with E-state index < -0.39 is 0 Å². The van der Waals surface area contributed by atoms with Crippen molar-refractivity contribution in [2.24, 2.45) is 17.8 Å². The molecule has 0 bridgehead atoms. The number of hydrogen-bond donors (Lipinski definition) is 0. The molecular formula is C18H19Cl. The predicted molar refractivity (Wildman–Crippen MR) is 81.6 cm³/mol. The maximum atomic E-state index is 6.72. The van der Waals surface area contributed by atoms with E-state index in [1.165, 1.54) is 35.6 Å². The normalized spacial score (nSPS) is 30.3. The zero-order valence-electron chi connectivity index (χ0n) is 11.1. The van der Waals surface area contributed by atoms with Gasteiger partial charge >= 0.3 is 0 Å². The maximum Gasteiger partial charge on any atom is 0.0410 e. The zero-order valence-corrected chi connectivity index (χ0v) is 11.8. The first-order valence-electron chi connectivity index (χ1n) is 7.45. The van der Waals surface area contributed by atoms with E-state index in [1.807, 2.05) is 0 Å². The van der Waals surface area contributed by atoms with Gasteiger partial charge in [-0.1, -0.05) is 48.9 Å². The summed E-state index contributed by atoms with van der Waals surface area (Å²) in [4.78, 5) is 0. The zero-order chi connectivity index (χ0) is 12.8. The number of hydrogen-bond acceptors (Lipinski definition) is 0. The average Bonchev–Trinajstić information content (AvgIpc) is 2.93. The molecule has 2 aromatic rings. The summed E-state index contributed by atoms with van der Waals surface area (Å²) in [5, 5.41) is 3.04. The molecule has 2 aliphatic rings. The summed E-state index contributed by atoms with van der Waals surface area (Å²) in [7, 11) is 0. The van der Waals surface area contributed by atoms with Crippen LogP contribution >= 0.6 is 11.6 Å². The summed E-state index contributed by atoms with van der Waals surface area (Å²) in [6.07, 6.45) is 5.31. The Bertz CT molecular complexity index is 588. The molecule has 0 N–H and O–H groups in total. The molecule has 0 spiro atoms. The first kappa shape index (κ1) is 11.8. The van der Waals surface area contributed by atoms with Gasteiger partial charge in [-0.2, -0.15) is 0 Å². The van der Waals surface area contributed by atoms with Crippen LogP contribution in [0, 0.1) is 17.8 Å². The molecule has 2 aliphatic carbocycles. The summed E-state index contributed by atoms with van der Waals surface area (Å²) >= 11 is 6.72. The third kappa shape index (κ3) is 1.97. The lowest BCUT2D eigenvalue weighted by Crippen LogP contribution is -2.10. The molecule has 0 saturated heterocycles. The second-order valence-corrected chi connectivity index (χ2v) is 6.75. The van der Waals surface area contributed by atoms with Crippen molar-refractivity contribution in [2.45, 2.75) is 31.1 Å². The van der Waals surface area contributed by atoms with Crippen LogP contribution in [-0.4, -0.2) is 5.38 Å². The van der Waals surface area contributed by atoms with E-state index >= 15 is 0 Å². The minimum atomic E-state index is 0.334. The van der Waals surface area contributed by atoms with Gasteiger partial charge in [0.2, 0.25) is 0 Å². The van der Waals surface area contributed by atoms with Crippen molar-refractivity contribution < 1.29 is 0 Å². The first-order valence-corrected chi connectivity index (χ1v) is 7.89. The van der Waals surface area contributed by atoms with E-state index in [9.17, 15) is 0 Å². The first-order chi connectivity index (χ1) is 9.34. The summed E-state index contributed by atoms with van der Waals surface area (Å²) in [5.41, 5.74) is 1.42. The van der Waals surface area contributed by atoms with Crippen molar-refractivity contribution >= 4 is 22.4 Å². The summed E-state index contributed by atoms with van der Waals surface area (Å²) in [6, 6.07) is 15.2. The summed E-state index contributed by atoms with van der Waals surface area (Å²) < 4.78 is 0. The van der Waals surface area contributed by atoms with Gasteiger partial charge in [-0.3, -0.25) is 0 Å². The van der Waals surface area contributed by atoms with Gasteiger partial charge in [-0.05, 0) is 53.4 Å². The Kier molecular flexibility index (Phi) is 2.81. The second-order valence-electron chi connectivity index (χ2n) is 6.19. The van der Waals surface area contributed by atoms with Crippen molar-refractivity contribution in [1.29, 1.82) is 0 Å². The van der Waals surface area contributed by atoms with Gasteiger partial charge in [0.1, 0.15) is 0 Å². The third-order valence-corrected chi connectivity index (χ3v) is 5.63. The lowest BCUT2D eigenvalue weighted by molar-refractivity contribution is 0.559. The second kappa shape index (κ2) is 4.52. The molecule has 98 valence electrons. The number of benzene rings is 2. The maximum absolute atomic E-state index is 6.72. The van der Waals surface area contributed by atoms with E-state index in [2.05, 4.69) is 42.5 Å². The van der Waals surface area contributed by atoms with Crippen LogP contribution in [0.25, 0.3) is 10.8 Å². The molecule has 0 aromatic heterocycles. The van der Waals surface area contributed by atoms with Crippen molar-refractivity contribution in [2.75, 3.05) is 0 Å². The Morgan fingerprint density at radius 2 is 1.74 bits per heavy atom. The molecule has 0 radical (unpaired) electrons. The van der Waals surface area contributed by atoms with Crippen LogP contribution in [0.1, 0.15) is 24.8 Å². The Labute approximate surface area is 119 Å². The standard InChI is InChI=1S/C18H19Cl/c19-17(18-15-9-4-10-16(15)18)11-13-7-3-6-12-5-1-2-8-14(12)13/h1-3,5-8,15-18H,4,9-11H2. The molecule has 0 amide bonds. The smallest absolute Gasteiger partial charge is 0.0410 e. The lowest BCUT2D eigenvalue weighted by atomic mass is 9.97. The van der Waals surface area contributed by atoms with Crippen molar-refractivity contribution in [3.05, 3.63) is 48.0 Å². The van der Waals surface area contributed by atoms with Crippen molar-refractivity contribution in [3.63, 3.8) is 0 Å². The van der Waals surface area contributed by atoms with Gasteiger partial charge in [0.05, 0.1) is 0 Å². The van der Waals surface area contributed by atoms with Crippen LogP contribution in [0.15, 0.2) is 42.5 Å². The Morgan fingerprint density at radius 3 is 2.58 bits per heavy atom. The number of fused-ring (bicyclic) bond motifs is 2. The van der Waals surface area contributed by atoms with E-state index in [-0.39, 0.29) is 0 Å². The molecule has 19 heavy (non-hydrogen) atoms. The molecule has 0 nitrogen and oxygen atoms in total. The van der Waals surface area contributed by atoms with Gasteiger partial charge in [-0.15, -0.1) is 11.6 Å². The molecule has 2 aromatic carbocycles. The highest BCUT2D eigenvalue weighted by Crippen LogP contribution is 2.60. The van der Waals surface area contributed by atoms with Gasteiger partial charge in [-0.25, -0.2) is 0 Å². The number of rotatable bonds is 3. The van der Waals surface area contributed by atoms with Gasteiger partial charge < -0.3 is 0 Å². The number of alkyl halides is 1. The van der Waals surface area contributed by atoms with Crippen LogP contribution in [0.3, 0.4) is 0 Å². The molecule has 2 saturated carbocycles. The SMILES string of the molecule is ClC(Cc1cccc2ccccc12)C1C2CCCC21. The highest BCUT2D eigenvalue weighted by atomic mass is 35.5. The molecule has 4 rings (SSSR count). The fraction of sp³-hybridized carbons (Fsp3) is 0.444. The van der Waals surface area contributed by atoms with Crippen LogP contribution in [0.4, 0.5) is 0 Å². The van der Waals surface area contributed by atoms with E-state index in [0.717, 1.165) is 24.2 Å². The highest BCUT2D eigenvalue weighted by Gasteiger charge is 2.55. The molecule has 3 atom stereocenters. The van der Waals surface area contributed by atoms with Crippen LogP contribution < -0.4 is 0 Å².